The third-order valence-electron chi connectivity index (χ3n) is 10.6. The van der Waals surface area contributed by atoms with Gasteiger partial charge in [0.05, 0.1) is 24.8 Å². The van der Waals surface area contributed by atoms with Crippen LogP contribution in [0, 0.1) is 5.92 Å². The molecule has 1 saturated carbocycles. The number of hydrogen-bond acceptors (Lipinski definition) is 5. The minimum absolute atomic E-state index is 0.0299. The van der Waals surface area contributed by atoms with Crippen molar-refractivity contribution in [2.75, 3.05) is 38.2 Å². The second kappa shape index (κ2) is 28.4. The normalized spacial score (nSPS) is 17.4. The highest BCUT2D eigenvalue weighted by molar-refractivity contribution is 6.10. The zero-order chi connectivity index (χ0) is 43.6. The summed E-state index contributed by atoms with van der Waals surface area (Å²) in [5.74, 6) is 0.301. The summed E-state index contributed by atoms with van der Waals surface area (Å²) in [7, 11) is 1.86. The van der Waals surface area contributed by atoms with E-state index in [1.54, 1.807) is 18.5 Å². The Balaban J connectivity index is 0.00000137. The average molecular weight is 822 g/mol. The molecule has 59 heavy (non-hydrogen) atoms. The number of amides is 1. The van der Waals surface area contributed by atoms with Crippen LogP contribution >= 0.6 is 0 Å². The fourth-order valence-corrected chi connectivity index (χ4v) is 7.13. The summed E-state index contributed by atoms with van der Waals surface area (Å²) in [5, 5.41) is 7.24. The van der Waals surface area contributed by atoms with Gasteiger partial charge in [0.15, 0.2) is 0 Å². The number of allylic oxidation sites excluding steroid dienone is 4. The average Bonchev–Trinajstić information content (AvgIpc) is 3.55. The van der Waals surface area contributed by atoms with Crippen molar-refractivity contribution < 1.29 is 22.7 Å². The third-order valence-corrected chi connectivity index (χ3v) is 10.6. The highest BCUT2D eigenvalue weighted by Crippen LogP contribution is 2.40. The van der Waals surface area contributed by atoms with Crippen molar-refractivity contribution in [1.29, 1.82) is 0 Å². The molecule has 7 nitrogen and oxygen atoms in total. The van der Waals surface area contributed by atoms with Crippen LogP contribution in [0.4, 0.5) is 18.9 Å². The SMILES string of the molecule is C1CCC1.C=N/N=C\N(C)CCc1cccc(N2Cc3c(cc(CN4CCCC(OCC(/C=C\C)=C/C=C/CC(CC)CCC)C4)cc3C(F)(F)F)C2=O)c1.CC.CC. The summed E-state index contributed by atoms with van der Waals surface area (Å²) < 4.78 is 49.8. The lowest BCUT2D eigenvalue weighted by atomic mass is 9.97. The molecule has 1 saturated heterocycles. The molecule has 328 valence electrons. The molecule has 2 fully saturated rings. The molecule has 2 aliphatic heterocycles. The highest BCUT2D eigenvalue weighted by Gasteiger charge is 2.40. The zero-order valence-corrected chi connectivity index (χ0v) is 37.5. The smallest absolute Gasteiger partial charge is 0.372 e. The third kappa shape index (κ3) is 17.6. The van der Waals surface area contributed by atoms with Gasteiger partial charge in [-0.05, 0) is 91.6 Å². The van der Waals surface area contributed by atoms with E-state index in [-0.39, 0.29) is 23.8 Å². The van der Waals surface area contributed by atoms with Gasteiger partial charge in [0.2, 0.25) is 0 Å². The van der Waals surface area contributed by atoms with Gasteiger partial charge in [0.1, 0.15) is 6.34 Å². The van der Waals surface area contributed by atoms with Gasteiger partial charge in [-0.1, -0.05) is 129 Å². The van der Waals surface area contributed by atoms with Crippen molar-refractivity contribution in [3.63, 3.8) is 0 Å². The number of benzene rings is 2. The Kier molecular flexibility index (Phi) is 24.6. The molecular formula is C49H74F3N5O2. The van der Waals surface area contributed by atoms with Crippen LogP contribution in [0.1, 0.15) is 145 Å². The van der Waals surface area contributed by atoms with E-state index in [1.807, 2.05) is 70.8 Å². The van der Waals surface area contributed by atoms with Crippen LogP contribution in [0.15, 0.2) is 82.6 Å². The topological polar surface area (TPSA) is 60.7 Å². The number of likely N-dealkylation sites (N-methyl/N-ethyl adjacent to an activating group) is 1. The quantitative estimate of drug-likeness (QED) is 0.0650. The first kappa shape index (κ1) is 51.1. The van der Waals surface area contributed by atoms with Gasteiger partial charge in [-0.2, -0.15) is 18.3 Å². The summed E-state index contributed by atoms with van der Waals surface area (Å²) in [6.45, 7) is 20.5. The predicted molar refractivity (Wildman–Crippen MR) is 244 cm³/mol. The molecular weight excluding hydrogens is 748 g/mol. The molecule has 0 spiro atoms. The number of alkyl halides is 3. The van der Waals surface area contributed by atoms with E-state index in [1.165, 1.54) is 55.9 Å². The summed E-state index contributed by atoms with van der Waals surface area (Å²) in [4.78, 5) is 19.2. The molecule has 3 aliphatic rings. The minimum atomic E-state index is -4.59. The molecule has 1 aliphatic carbocycles. The van der Waals surface area contributed by atoms with Crippen LogP contribution in [0.2, 0.25) is 0 Å². The van der Waals surface area contributed by atoms with Gasteiger partial charge < -0.3 is 14.5 Å². The van der Waals surface area contributed by atoms with Gasteiger partial charge in [-0.3, -0.25) is 9.69 Å². The Labute approximate surface area is 355 Å². The maximum atomic E-state index is 14.5. The molecule has 2 aromatic rings. The zero-order valence-electron chi connectivity index (χ0n) is 37.5. The van der Waals surface area contributed by atoms with E-state index in [2.05, 4.69) is 60.0 Å². The molecule has 5 rings (SSSR count). The largest absolute Gasteiger partial charge is 0.416 e. The number of hydrogen-bond donors (Lipinski definition) is 0. The van der Waals surface area contributed by atoms with Crippen LogP contribution in [-0.4, -0.2) is 68.2 Å². The van der Waals surface area contributed by atoms with Crippen molar-refractivity contribution in [3.8, 4) is 0 Å². The first-order valence-electron chi connectivity index (χ1n) is 22.2. The van der Waals surface area contributed by atoms with Crippen molar-refractivity contribution in [2.24, 2.45) is 16.1 Å². The van der Waals surface area contributed by atoms with E-state index < -0.39 is 17.6 Å². The first-order valence-corrected chi connectivity index (χ1v) is 22.2. The maximum Gasteiger partial charge on any atom is 0.416 e. The fraction of sp³-hybridized carbons (Fsp3) is 0.571. The van der Waals surface area contributed by atoms with Crippen molar-refractivity contribution in [3.05, 3.63) is 100 Å². The summed E-state index contributed by atoms with van der Waals surface area (Å²) >= 11 is 0. The minimum Gasteiger partial charge on any atom is -0.372 e. The van der Waals surface area contributed by atoms with E-state index in [4.69, 9.17) is 4.74 Å². The number of halogens is 3. The van der Waals surface area contributed by atoms with Gasteiger partial charge in [0.25, 0.3) is 5.91 Å². The van der Waals surface area contributed by atoms with Crippen LogP contribution in [-0.2, 0) is 30.4 Å². The van der Waals surface area contributed by atoms with E-state index >= 15 is 0 Å². The van der Waals surface area contributed by atoms with Crippen molar-refractivity contribution in [1.82, 2.24) is 9.80 Å². The van der Waals surface area contributed by atoms with Crippen molar-refractivity contribution >= 4 is 24.7 Å². The van der Waals surface area contributed by atoms with Crippen LogP contribution in [0.5, 0.6) is 0 Å². The maximum absolute atomic E-state index is 14.5. The molecule has 2 atom stereocenters. The molecule has 2 unspecified atom stereocenters. The van der Waals surface area contributed by atoms with E-state index in [0.29, 0.717) is 49.8 Å². The Bertz CT molecular complexity index is 1640. The molecule has 10 heteroatoms. The Morgan fingerprint density at radius 3 is 2.41 bits per heavy atom. The Hall–Kier alpha value is -4.02. The number of likely N-dealkylation sites (tertiary alicyclic amines) is 1. The standard InChI is InChI=1S/C41H54F3N5O2.C4H8.2C2H6/c1-6-13-31(8-3)15-9-10-16-33(14-7-2)29-51-36-19-12-21-48(27-36)26-34-24-37-38(39(25-34)41(42,43)44)28-49(40(37)50)35-18-11-17-32(23-35)20-22-47(5)30-46-45-4;1-2-4-3-1;2*1-2/h7,9-11,14,16-18,23-25,30-31,36H,4,6,8,12-13,15,19-22,26-29H2,1-3,5H3;1-4H2;2*1-2H3/b10-9+,14-7-,33-16+,46-30-;;;. The number of ether oxygens (including phenoxy) is 1. The van der Waals surface area contributed by atoms with Crippen molar-refractivity contribution in [2.45, 2.75) is 144 Å². The molecule has 0 aromatic heterocycles. The van der Waals surface area contributed by atoms with Gasteiger partial charge >= 0.3 is 6.18 Å². The number of carbonyl (C=O) groups is 1. The molecule has 0 radical (unpaired) electrons. The second-order valence-corrected chi connectivity index (χ2v) is 15.0. The first-order chi connectivity index (χ1) is 28.6. The van der Waals surface area contributed by atoms with Crippen LogP contribution in [0.3, 0.4) is 0 Å². The van der Waals surface area contributed by atoms with E-state index in [9.17, 15) is 18.0 Å². The number of fused-ring (bicyclic) bond motifs is 1. The van der Waals surface area contributed by atoms with E-state index in [0.717, 1.165) is 36.9 Å². The van der Waals surface area contributed by atoms with Gasteiger partial charge in [-0.15, -0.1) is 5.10 Å². The molecule has 0 bridgehead atoms. The van der Waals surface area contributed by atoms with Gasteiger partial charge in [0, 0.05) is 44.7 Å². The molecule has 1 amide bonds. The Morgan fingerprint density at radius 1 is 1.05 bits per heavy atom. The highest BCUT2D eigenvalue weighted by atomic mass is 19.4. The lowest BCUT2D eigenvalue weighted by molar-refractivity contribution is -0.138. The molecule has 2 aromatic carbocycles. The van der Waals surface area contributed by atoms with Gasteiger partial charge in [-0.25, -0.2) is 0 Å². The molecule has 0 N–H and O–H groups in total. The number of carbonyl (C=O) groups excluding carboxylic acids is 1. The number of anilines is 1. The summed E-state index contributed by atoms with van der Waals surface area (Å²) in [5.41, 5.74) is 2.51. The summed E-state index contributed by atoms with van der Waals surface area (Å²) in [6, 6.07) is 10.3. The number of nitrogens with zero attached hydrogens (tertiary/aromatic N) is 5. The Morgan fingerprint density at radius 2 is 1.78 bits per heavy atom. The lowest BCUT2D eigenvalue weighted by Gasteiger charge is -2.33. The molecule has 2 heterocycles. The number of rotatable bonds is 18. The fourth-order valence-electron chi connectivity index (χ4n) is 7.13. The number of piperidine rings is 1. The van der Waals surface area contributed by atoms with Crippen LogP contribution in [0.25, 0.3) is 0 Å². The lowest BCUT2D eigenvalue weighted by Crippen LogP contribution is -2.39. The predicted octanol–water partition coefficient (Wildman–Crippen LogP) is 12.9. The monoisotopic (exact) mass is 822 g/mol. The summed E-state index contributed by atoms with van der Waals surface area (Å²) in [6.07, 6.45) is 20.6. The van der Waals surface area contributed by atoms with Crippen LogP contribution < -0.4 is 4.90 Å². The second-order valence-electron chi connectivity index (χ2n) is 15.0.